The largest absolute Gasteiger partial charge is 0.483 e. The van der Waals surface area contributed by atoms with Crippen molar-refractivity contribution in [3.8, 4) is 0 Å². The molecular weight excluding hydrogens is 372 g/mol. The van der Waals surface area contributed by atoms with Crippen LogP contribution in [0.25, 0.3) is 0 Å². The Morgan fingerprint density at radius 1 is 1.14 bits per heavy atom. The van der Waals surface area contributed by atoms with Gasteiger partial charge in [0, 0.05) is 43.5 Å². The van der Waals surface area contributed by atoms with E-state index >= 15 is 0 Å². The summed E-state index contributed by atoms with van der Waals surface area (Å²) in [6.45, 7) is 2.63. The number of piperidine rings is 3. The average Bonchev–Trinajstić information content (AvgIpc) is 3.60. The Morgan fingerprint density at radius 2 is 1.83 bits per heavy atom. The molecule has 8 heteroatoms. The molecule has 8 nitrogen and oxygen atoms in total. The Kier molecular flexibility index (Phi) is 6.10. The van der Waals surface area contributed by atoms with Crippen molar-refractivity contribution in [2.45, 2.75) is 56.5 Å². The van der Waals surface area contributed by atoms with Crippen molar-refractivity contribution in [3.63, 3.8) is 0 Å². The van der Waals surface area contributed by atoms with Crippen LogP contribution in [0.5, 0.6) is 0 Å². The standard InChI is InChI=1S/C20H28N4O2.CH2O2/c25-12-18-15-7-14(17-3-1-2-6-24(17)18)10-23(11-15)20(26)16-8-21-19(22-9-16)13-4-5-13;2-1-3/h8-9,13-15,17-18,25H,1-7,10-12H2;1H,(H,2,3)/t14-,15+,17+,18+;/m1./s1. The summed E-state index contributed by atoms with van der Waals surface area (Å²) in [7, 11) is 0. The minimum absolute atomic E-state index is 0.0583. The normalized spacial score (nSPS) is 31.3. The van der Waals surface area contributed by atoms with Crippen molar-refractivity contribution in [1.82, 2.24) is 19.8 Å². The van der Waals surface area contributed by atoms with E-state index in [1.807, 2.05) is 4.90 Å². The highest BCUT2D eigenvalue weighted by Crippen LogP contribution is 2.41. The molecule has 1 aromatic rings. The number of hydrogen-bond acceptors (Lipinski definition) is 6. The van der Waals surface area contributed by atoms with Gasteiger partial charge in [0.1, 0.15) is 5.82 Å². The minimum atomic E-state index is -0.250. The van der Waals surface area contributed by atoms with Crippen LogP contribution in [0.15, 0.2) is 12.4 Å². The third kappa shape index (κ3) is 4.14. The lowest BCUT2D eigenvalue weighted by atomic mass is 9.72. The molecule has 2 bridgehead atoms. The first-order valence-electron chi connectivity index (χ1n) is 10.7. The zero-order chi connectivity index (χ0) is 20.4. The first-order valence-corrected chi connectivity index (χ1v) is 10.7. The van der Waals surface area contributed by atoms with Gasteiger partial charge in [-0.1, -0.05) is 6.42 Å². The predicted molar refractivity (Wildman–Crippen MR) is 105 cm³/mol. The number of carbonyl (C=O) groups excluding carboxylic acids is 1. The van der Waals surface area contributed by atoms with Gasteiger partial charge in [-0.15, -0.1) is 0 Å². The molecule has 2 N–H and O–H groups in total. The van der Waals surface area contributed by atoms with Crippen molar-refractivity contribution < 1.29 is 19.8 Å². The maximum atomic E-state index is 13.1. The number of rotatable bonds is 3. The van der Waals surface area contributed by atoms with Gasteiger partial charge in [-0.2, -0.15) is 0 Å². The molecule has 0 aromatic carbocycles. The van der Waals surface area contributed by atoms with Crippen molar-refractivity contribution in [1.29, 1.82) is 0 Å². The van der Waals surface area contributed by atoms with E-state index in [1.54, 1.807) is 12.4 Å². The van der Waals surface area contributed by atoms with Gasteiger partial charge in [0.05, 0.1) is 12.2 Å². The number of nitrogens with zero attached hydrogens (tertiary/aromatic N) is 4. The van der Waals surface area contributed by atoms with E-state index in [2.05, 4.69) is 14.9 Å². The Balaban J connectivity index is 0.000000645. The number of aromatic nitrogens is 2. The van der Waals surface area contributed by atoms with Crippen molar-refractivity contribution in [3.05, 3.63) is 23.8 Å². The van der Waals surface area contributed by atoms with Crippen LogP contribution in [0.2, 0.25) is 0 Å². The zero-order valence-corrected chi connectivity index (χ0v) is 16.7. The fourth-order valence-electron chi connectivity index (χ4n) is 5.51. The molecule has 3 aliphatic heterocycles. The smallest absolute Gasteiger partial charge is 0.290 e. The van der Waals surface area contributed by atoms with E-state index in [-0.39, 0.29) is 25.0 Å². The van der Waals surface area contributed by atoms with Crippen LogP contribution in [0.1, 0.15) is 60.6 Å². The Labute approximate surface area is 170 Å². The Morgan fingerprint density at radius 3 is 2.48 bits per heavy atom. The van der Waals surface area contributed by atoms with Crippen molar-refractivity contribution in [2.75, 3.05) is 26.2 Å². The van der Waals surface area contributed by atoms with E-state index in [9.17, 15) is 9.90 Å². The summed E-state index contributed by atoms with van der Waals surface area (Å²) in [6.07, 6.45) is 10.6. The quantitative estimate of drug-likeness (QED) is 0.735. The first kappa shape index (κ1) is 20.2. The van der Waals surface area contributed by atoms with E-state index in [4.69, 9.17) is 9.90 Å². The highest BCUT2D eigenvalue weighted by Gasteiger charge is 2.47. The fourth-order valence-corrected chi connectivity index (χ4v) is 5.51. The highest BCUT2D eigenvalue weighted by atomic mass is 16.3. The number of aliphatic hydroxyl groups is 1. The first-order chi connectivity index (χ1) is 14.2. The average molecular weight is 402 g/mol. The molecule has 29 heavy (non-hydrogen) atoms. The second-order valence-electron chi connectivity index (χ2n) is 8.73. The van der Waals surface area contributed by atoms with Crippen LogP contribution >= 0.6 is 0 Å². The molecule has 1 amide bonds. The van der Waals surface area contributed by atoms with Gasteiger partial charge >= 0.3 is 0 Å². The Hall–Kier alpha value is -2.06. The number of amides is 1. The molecule has 0 radical (unpaired) electrons. The molecule has 0 unspecified atom stereocenters. The summed E-state index contributed by atoms with van der Waals surface area (Å²) in [5.41, 5.74) is 0.607. The molecule has 3 saturated heterocycles. The number of carbonyl (C=O) groups is 2. The molecule has 1 aliphatic carbocycles. The number of fused-ring (bicyclic) bond motifs is 4. The second kappa shape index (κ2) is 8.75. The summed E-state index contributed by atoms with van der Waals surface area (Å²) in [4.78, 5) is 34.8. The molecule has 0 spiro atoms. The molecule has 4 fully saturated rings. The van der Waals surface area contributed by atoms with Gasteiger partial charge in [0.2, 0.25) is 0 Å². The number of hydrogen-bond donors (Lipinski definition) is 2. The van der Waals surface area contributed by atoms with Gasteiger partial charge in [0.15, 0.2) is 0 Å². The van der Waals surface area contributed by atoms with Crippen LogP contribution < -0.4 is 0 Å². The molecule has 4 heterocycles. The number of carboxylic acid groups (broad SMARTS) is 1. The fraction of sp³-hybridized carbons (Fsp3) is 0.714. The summed E-state index contributed by atoms with van der Waals surface area (Å²) >= 11 is 0. The molecule has 4 atom stereocenters. The van der Waals surface area contributed by atoms with Gasteiger partial charge < -0.3 is 15.1 Å². The second-order valence-corrected chi connectivity index (χ2v) is 8.73. The summed E-state index contributed by atoms with van der Waals surface area (Å²) < 4.78 is 0. The summed E-state index contributed by atoms with van der Waals surface area (Å²) in [5.74, 6) is 2.37. The molecule has 5 rings (SSSR count). The molecule has 1 aromatic heterocycles. The van der Waals surface area contributed by atoms with Gasteiger partial charge in [-0.25, -0.2) is 9.97 Å². The third-order valence-corrected chi connectivity index (χ3v) is 6.96. The van der Waals surface area contributed by atoms with Gasteiger partial charge in [-0.3, -0.25) is 14.5 Å². The summed E-state index contributed by atoms with van der Waals surface area (Å²) in [6, 6.07) is 0.738. The predicted octanol–water partition coefficient (Wildman–Crippen LogP) is 1.36. The zero-order valence-electron chi connectivity index (χ0n) is 16.7. The third-order valence-electron chi connectivity index (χ3n) is 6.96. The monoisotopic (exact) mass is 402 g/mol. The Bertz CT molecular complexity index is 710. The van der Waals surface area contributed by atoms with Crippen LogP contribution in [0.3, 0.4) is 0 Å². The molecule has 158 valence electrons. The lowest BCUT2D eigenvalue weighted by molar-refractivity contribution is -0.122. The van der Waals surface area contributed by atoms with E-state index in [1.165, 1.54) is 32.1 Å². The highest BCUT2D eigenvalue weighted by molar-refractivity contribution is 5.93. The maximum absolute atomic E-state index is 13.1. The van der Waals surface area contributed by atoms with Crippen molar-refractivity contribution >= 4 is 12.4 Å². The lowest BCUT2D eigenvalue weighted by Gasteiger charge is -2.56. The van der Waals surface area contributed by atoms with Crippen LogP contribution in [0, 0.1) is 11.8 Å². The summed E-state index contributed by atoms with van der Waals surface area (Å²) in [5, 5.41) is 16.9. The van der Waals surface area contributed by atoms with E-state index in [0.717, 1.165) is 31.9 Å². The van der Waals surface area contributed by atoms with Crippen LogP contribution in [0.4, 0.5) is 0 Å². The SMILES string of the molecule is O=C(c1cnc(C2CC2)nc1)N1C[C@H]2C[C@@H](C1)[C@H](CO)N1CCCC[C@@H]21.O=CO. The number of aliphatic hydroxyl groups excluding tert-OH is 1. The van der Waals surface area contributed by atoms with E-state index in [0.29, 0.717) is 29.4 Å². The lowest BCUT2D eigenvalue weighted by Crippen LogP contribution is -2.65. The molecule has 1 saturated carbocycles. The van der Waals surface area contributed by atoms with E-state index < -0.39 is 0 Å². The molecule has 4 aliphatic rings. The van der Waals surface area contributed by atoms with Crippen LogP contribution in [-0.4, -0.2) is 80.7 Å². The number of likely N-dealkylation sites (tertiary alicyclic amines) is 1. The minimum Gasteiger partial charge on any atom is -0.483 e. The van der Waals surface area contributed by atoms with Gasteiger partial charge in [0.25, 0.3) is 12.4 Å². The molecular formula is C21H30N4O4. The maximum Gasteiger partial charge on any atom is 0.290 e. The van der Waals surface area contributed by atoms with Crippen LogP contribution in [-0.2, 0) is 4.79 Å². The van der Waals surface area contributed by atoms with Crippen molar-refractivity contribution in [2.24, 2.45) is 11.8 Å². The van der Waals surface area contributed by atoms with Gasteiger partial charge in [-0.05, 0) is 50.5 Å². The topological polar surface area (TPSA) is 107 Å².